The first-order valence-corrected chi connectivity index (χ1v) is 12.4. The van der Waals surface area contributed by atoms with Gasteiger partial charge in [0.05, 0.1) is 5.69 Å². The highest BCUT2D eigenvalue weighted by Crippen LogP contribution is 2.42. The van der Waals surface area contributed by atoms with E-state index in [9.17, 15) is 14.4 Å². The van der Waals surface area contributed by atoms with E-state index in [-0.39, 0.29) is 12.5 Å². The fraction of sp³-hybridized carbons (Fsp3) is 0.565. The van der Waals surface area contributed by atoms with Crippen LogP contribution >= 0.6 is 11.3 Å². The molecule has 184 valence electrons. The quantitative estimate of drug-likeness (QED) is 0.597. The molecular weight excluding hydrogens is 456 g/mol. The second kappa shape index (κ2) is 9.28. The van der Waals surface area contributed by atoms with Gasteiger partial charge in [0.1, 0.15) is 27.7 Å². The zero-order chi connectivity index (χ0) is 24.6. The number of fused-ring (bicyclic) bond motifs is 3. The van der Waals surface area contributed by atoms with Crippen LogP contribution in [-0.2, 0) is 22.4 Å². The van der Waals surface area contributed by atoms with Crippen LogP contribution in [0.4, 0.5) is 16.3 Å². The number of alkyl carbamates (subject to hydrolysis) is 1. The molecule has 1 saturated heterocycles. The highest BCUT2D eigenvalue weighted by atomic mass is 32.1. The first-order valence-electron chi connectivity index (χ1n) is 11.6. The fourth-order valence-corrected chi connectivity index (χ4v) is 5.55. The van der Waals surface area contributed by atoms with Crippen LogP contribution in [0.3, 0.4) is 0 Å². The number of nitrogens with zero attached hydrogens (tertiary/aromatic N) is 3. The van der Waals surface area contributed by atoms with Gasteiger partial charge in [0.25, 0.3) is 5.91 Å². The number of rotatable bonds is 4. The number of carbonyl (C=O) groups excluding carboxylic acids is 3. The first-order chi connectivity index (χ1) is 16.0. The molecule has 0 spiro atoms. The molecule has 0 unspecified atom stereocenters. The smallest absolute Gasteiger partial charge is 0.408 e. The summed E-state index contributed by atoms with van der Waals surface area (Å²) >= 11 is 1.25. The van der Waals surface area contributed by atoms with Gasteiger partial charge in [-0.25, -0.2) is 9.78 Å². The molecule has 0 radical (unpaired) electrons. The lowest BCUT2D eigenvalue weighted by Gasteiger charge is -2.37. The number of hydrogen-bond donors (Lipinski definition) is 3. The van der Waals surface area contributed by atoms with E-state index in [0.717, 1.165) is 41.7 Å². The topological polar surface area (TPSA) is 144 Å². The molecule has 34 heavy (non-hydrogen) atoms. The minimum Gasteiger partial charge on any atom is -0.444 e. The Balaban J connectivity index is 1.48. The van der Waals surface area contributed by atoms with Crippen molar-refractivity contribution in [2.24, 2.45) is 5.73 Å². The molecule has 10 nitrogen and oxygen atoms in total. The summed E-state index contributed by atoms with van der Waals surface area (Å²) < 4.78 is 5.19. The van der Waals surface area contributed by atoms with Crippen molar-refractivity contribution in [1.29, 1.82) is 0 Å². The Labute approximate surface area is 202 Å². The van der Waals surface area contributed by atoms with Crippen molar-refractivity contribution in [2.75, 3.05) is 43.4 Å². The summed E-state index contributed by atoms with van der Waals surface area (Å²) in [7, 11) is 0. The van der Waals surface area contributed by atoms with Gasteiger partial charge in [0.15, 0.2) is 0 Å². The number of ether oxygens (including phenoxy) is 1. The number of hydrogen-bond acceptors (Lipinski definition) is 8. The van der Waals surface area contributed by atoms with Crippen molar-refractivity contribution in [1.82, 2.24) is 15.2 Å². The number of anilines is 2. The number of primary amides is 1. The van der Waals surface area contributed by atoms with E-state index in [1.165, 1.54) is 22.5 Å². The van der Waals surface area contributed by atoms with Crippen LogP contribution in [0.2, 0.25) is 0 Å². The summed E-state index contributed by atoms with van der Waals surface area (Å²) in [5, 5.41) is 3.40. The molecule has 2 aliphatic rings. The highest BCUT2D eigenvalue weighted by Gasteiger charge is 2.29. The predicted molar refractivity (Wildman–Crippen MR) is 132 cm³/mol. The van der Waals surface area contributed by atoms with Gasteiger partial charge in [-0.3, -0.25) is 9.59 Å². The number of piperazine rings is 1. The molecule has 4 rings (SSSR count). The number of pyridine rings is 1. The van der Waals surface area contributed by atoms with Gasteiger partial charge in [-0.15, -0.1) is 11.3 Å². The Morgan fingerprint density at radius 1 is 1.09 bits per heavy atom. The van der Waals surface area contributed by atoms with E-state index in [2.05, 4.69) is 10.2 Å². The number of nitrogens with one attached hydrogen (secondary N) is 1. The number of thiophene rings is 1. The summed E-state index contributed by atoms with van der Waals surface area (Å²) in [4.78, 5) is 46.2. The normalized spacial score (nSPS) is 16.3. The van der Waals surface area contributed by atoms with Crippen LogP contribution < -0.4 is 21.7 Å². The molecular formula is C23H32N6O4S. The summed E-state index contributed by atoms with van der Waals surface area (Å²) in [6.45, 7) is 7.55. The minimum absolute atomic E-state index is 0.0983. The molecule has 3 amide bonds. The SMILES string of the molecule is CC(C)(C)OC(=O)NCC(=O)N1CCN(c2nc3sc(C(N)=O)c(N)c3c3c2CCCC3)CC1. The van der Waals surface area contributed by atoms with E-state index >= 15 is 0 Å². The monoisotopic (exact) mass is 488 g/mol. The summed E-state index contributed by atoms with van der Waals surface area (Å²) in [5.74, 6) is 0.241. The summed E-state index contributed by atoms with van der Waals surface area (Å²) in [6, 6.07) is 0. The van der Waals surface area contributed by atoms with E-state index in [4.69, 9.17) is 21.2 Å². The third-order valence-corrected chi connectivity index (χ3v) is 7.23. The maximum atomic E-state index is 12.6. The minimum atomic E-state index is -0.614. The first kappa shape index (κ1) is 24.1. The second-order valence-corrected chi connectivity index (χ2v) is 10.7. The van der Waals surface area contributed by atoms with Crippen molar-refractivity contribution in [3.8, 4) is 0 Å². The zero-order valence-corrected chi connectivity index (χ0v) is 20.7. The molecule has 0 bridgehead atoms. The van der Waals surface area contributed by atoms with Crippen LogP contribution in [0.5, 0.6) is 0 Å². The van der Waals surface area contributed by atoms with Gasteiger partial charge in [-0.2, -0.15) is 0 Å². The largest absolute Gasteiger partial charge is 0.444 e. The average molecular weight is 489 g/mol. The lowest BCUT2D eigenvalue weighted by Crippen LogP contribution is -2.52. The van der Waals surface area contributed by atoms with Crippen LogP contribution in [0.15, 0.2) is 0 Å². The summed E-state index contributed by atoms with van der Waals surface area (Å²) in [5.41, 5.74) is 14.0. The molecule has 0 aromatic carbocycles. The maximum absolute atomic E-state index is 12.6. The van der Waals surface area contributed by atoms with Crippen LogP contribution in [0.25, 0.3) is 10.2 Å². The molecule has 1 aliphatic carbocycles. The van der Waals surface area contributed by atoms with Gasteiger partial charge in [0.2, 0.25) is 5.91 Å². The number of aryl methyl sites for hydroxylation is 1. The fourth-order valence-electron chi connectivity index (χ4n) is 4.58. The van der Waals surface area contributed by atoms with Gasteiger partial charge in [-0.1, -0.05) is 0 Å². The molecule has 1 fully saturated rings. The Bertz CT molecular complexity index is 1130. The maximum Gasteiger partial charge on any atom is 0.408 e. The third-order valence-electron chi connectivity index (χ3n) is 6.11. The highest BCUT2D eigenvalue weighted by molar-refractivity contribution is 7.21. The van der Waals surface area contributed by atoms with Gasteiger partial charge < -0.3 is 31.3 Å². The zero-order valence-electron chi connectivity index (χ0n) is 19.9. The Hall–Kier alpha value is -3.08. The van der Waals surface area contributed by atoms with Crippen LogP contribution in [0.1, 0.15) is 54.4 Å². The standard InChI is InChI=1S/C23H32N6O4S/c1-23(2,3)33-22(32)26-12-15(30)28-8-10-29(11-9-28)20-14-7-5-4-6-13(14)16-17(24)18(19(25)31)34-21(16)27-20/h4-12,24H2,1-3H3,(H2,25,31)(H,26,32). The lowest BCUT2D eigenvalue weighted by molar-refractivity contribution is -0.130. The second-order valence-electron chi connectivity index (χ2n) is 9.71. The molecule has 5 N–H and O–H groups in total. The van der Waals surface area contributed by atoms with Crippen molar-refractivity contribution in [3.63, 3.8) is 0 Å². The Morgan fingerprint density at radius 2 is 1.74 bits per heavy atom. The number of amides is 3. The lowest BCUT2D eigenvalue weighted by atomic mass is 9.89. The van der Waals surface area contributed by atoms with Gasteiger partial charge >= 0.3 is 6.09 Å². The van der Waals surface area contributed by atoms with E-state index in [0.29, 0.717) is 36.7 Å². The van der Waals surface area contributed by atoms with Crippen molar-refractivity contribution in [2.45, 2.75) is 52.1 Å². The van der Waals surface area contributed by atoms with Crippen LogP contribution in [0, 0.1) is 0 Å². The Morgan fingerprint density at radius 3 is 2.35 bits per heavy atom. The number of nitrogens with two attached hydrogens (primary N) is 2. The summed E-state index contributed by atoms with van der Waals surface area (Å²) in [6.07, 6.45) is 3.35. The number of nitrogen functional groups attached to an aromatic ring is 1. The molecule has 3 heterocycles. The van der Waals surface area contributed by atoms with E-state index in [1.54, 1.807) is 25.7 Å². The van der Waals surface area contributed by atoms with Crippen LogP contribution in [-0.4, -0.2) is 66.1 Å². The average Bonchev–Trinajstić information content (AvgIpc) is 3.13. The van der Waals surface area contributed by atoms with Gasteiger partial charge in [0, 0.05) is 31.6 Å². The predicted octanol–water partition coefficient (Wildman–Crippen LogP) is 2.03. The molecule has 0 atom stereocenters. The van der Waals surface area contributed by atoms with Crippen molar-refractivity contribution < 1.29 is 19.1 Å². The molecule has 2 aromatic heterocycles. The van der Waals surface area contributed by atoms with E-state index in [1.807, 2.05) is 0 Å². The number of aromatic nitrogens is 1. The van der Waals surface area contributed by atoms with Crippen molar-refractivity contribution >= 4 is 51.0 Å². The molecule has 11 heteroatoms. The Kier molecular flexibility index (Phi) is 6.57. The molecule has 2 aromatic rings. The molecule has 0 saturated carbocycles. The molecule has 1 aliphatic heterocycles. The van der Waals surface area contributed by atoms with E-state index < -0.39 is 17.6 Å². The van der Waals surface area contributed by atoms with Gasteiger partial charge in [-0.05, 0) is 57.6 Å². The number of carbonyl (C=O) groups is 3. The van der Waals surface area contributed by atoms with Crippen molar-refractivity contribution in [3.05, 3.63) is 16.0 Å². The third kappa shape index (κ3) is 4.89.